The minimum absolute atomic E-state index is 0.418. The summed E-state index contributed by atoms with van der Waals surface area (Å²) in [5.74, 6) is 0.276. The second-order valence-electron chi connectivity index (χ2n) is 5.71. The normalized spacial score (nSPS) is 13.7. The molecule has 1 aliphatic rings. The van der Waals surface area contributed by atoms with Crippen LogP contribution in [0.4, 0.5) is 5.69 Å². The Morgan fingerprint density at radius 2 is 1.80 bits per heavy atom. The van der Waals surface area contributed by atoms with Gasteiger partial charge in [-0.2, -0.15) is 0 Å². The summed E-state index contributed by atoms with van der Waals surface area (Å²) >= 11 is 0. The van der Waals surface area contributed by atoms with Gasteiger partial charge in [0.1, 0.15) is 13.2 Å². The third kappa shape index (κ3) is 3.91. The molecule has 0 saturated heterocycles. The predicted octanol–water partition coefficient (Wildman–Crippen LogP) is 2.95. The van der Waals surface area contributed by atoms with E-state index in [1.165, 1.54) is 6.92 Å². The molecule has 2 aromatic carbocycles. The second kappa shape index (κ2) is 7.25. The maximum Gasteiger partial charge on any atom is 0.339 e. The van der Waals surface area contributed by atoms with E-state index in [1.54, 1.807) is 30.3 Å². The summed E-state index contributed by atoms with van der Waals surface area (Å²) in [6, 6.07) is 12.2. The van der Waals surface area contributed by atoms with E-state index in [0.29, 0.717) is 36.0 Å². The molecular formula is C19H19NO5. The number of esters is 1. The van der Waals surface area contributed by atoms with Crippen LogP contribution in [0.3, 0.4) is 0 Å². The molecule has 0 fully saturated rings. The lowest BCUT2D eigenvalue weighted by Gasteiger charge is -2.19. The van der Waals surface area contributed by atoms with Crippen LogP contribution in [-0.4, -0.2) is 31.2 Å². The van der Waals surface area contributed by atoms with Crippen molar-refractivity contribution in [2.75, 3.05) is 18.5 Å². The number of carbonyl (C=O) groups is 2. The van der Waals surface area contributed by atoms with Gasteiger partial charge >= 0.3 is 5.97 Å². The number of hydrogen-bond donors (Lipinski definition) is 1. The molecule has 0 radical (unpaired) electrons. The number of anilines is 1. The van der Waals surface area contributed by atoms with Crippen LogP contribution >= 0.6 is 0 Å². The zero-order chi connectivity index (χ0) is 17.8. The molecule has 0 aromatic heterocycles. The fourth-order valence-corrected chi connectivity index (χ4v) is 2.44. The van der Waals surface area contributed by atoms with Gasteiger partial charge in [-0.25, -0.2) is 4.79 Å². The topological polar surface area (TPSA) is 73.9 Å². The first-order valence-corrected chi connectivity index (χ1v) is 8.02. The molecule has 3 rings (SSSR count). The van der Waals surface area contributed by atoms with E-state index in [-0.39, 0.29) is 0 Å². The highest BCUT2D eigenvalue weighted by atomic mass is 16.6. The van der Waals surface area contributed by atoms with E-state index < -0.39 is 18.0 Å². The van der Waals surface area contributed by atoms with Crippen LogP contribution in [-0.2, 0) is 9.53 Å². The Morgan fingerprint density at radius 1 is 1.08 bits per heavy atom. The van der Waals surface area contributed by atoms with Crippen molar-refractivity contribution in [1.29, 1.82) is 0 Å². The quantitative estimate of drug-likeness (QED) is 0.866. The van der Waals surface area contributed by atoms with Gasteiger partial charge in [0.05, 0.1) is 5.56 Å². The smallest absolute Gasteiger partial charge is 0.339 e. The molecule has 1 atom stereocenters. The summed E-state index contributed by atoms with van der Waals surface area (Å²) in [6.45, 7) is 4.32. The Kier molecular flexibility index (Phi) is 4.88. The number of carbonyl (C=O) groups excluding carboxylic acids is 2. The van der Waals surface area contributed by atoms with E-state index >= 15 is 0 Å². The van der Waals surface area contributed by atoms with Gasteiger partial charge in [0.2, 0.25) is 0 Å². The van der Waals surface area contributed by atoms with Gasteiger partial charge in [0.15, 0.2) is 17.6 Å². The summed E-state index contributed by atoms with van der Waals surface area (Å²) in [5.41, 5.74) is 1.79. The minimum atomic E-state index is -0.930. The lowest BCUT2D eigenvalue weighted by atomic mass is 10.1. The first-order valence-electron chi connectivity index (χ1n) is 8.02. The van der Waals surface area contributed by atoms with Crippen LogP contribution in [0.2, 0.25) is 0 Å². The molecule has 0 unspecified atom stereocenters. The number of nitrogens with one attached hydrogen (secondary N) is 1. The molecule has 6 heteroatoms. The largest absolute Gasteiger partial charge is 0.486 e. The summed E-state index contributed by atoms with van der Waals surface area (Å²) in [6.07, 6.45) is -0.930. The number of fused-ring (bicyclic) bond motifs is 1. The fourth-order valence-electron chi connectivity index (χ4n) is 2.44. The van der Waals surface area contributed by atoms with Crippen LogP contribution in [0.5, 0.6) is 11.5 Å². The van der Waals surface area contributed by atoms with Crippen molar-refractivity contribution in [3.8, 4) is 11.5 Å². The molecule has 1 aliphatic heterocycles. The lowest BCUT2D eigenvalue weighted by Crippen LogP contribution is -2.30. The van der Waals surface area contributed by atoms with E-state index in [0.717, 1.165) is 5.56 Å². The molecule has 0 bridgehead atoms. The highest BCUT2D eigenvalue weighted by Crippen LogP contribution is 2.32. The monoisotopic (exact) mass is 341 g/mol. The first-order chi connectivity index (χ1) is 12.0. The maximum atomic E-state index is 12.3. The third-order valence-electron chi connectivity index (χ3n) is 3.83. The van der Waals surface area contributed by atoms with Crippen molar-refractivity contribution in [2.24, 2.45) is 0 Å². The highest BCUT2D eigenvalue weighted by molar-refractivity contribution is 5.98. The Bertz CT molecular complexity index is 802. The Balaban J connectivity index is 1.63. The van der Waals surface area contributed by atoms with Crippen LogP contribution in [0.25, 0.3) is 0 Å². The van der Waals surface area contributed by atoms with Crippen LogP contribution in [0.15, 0.2) is 42.5 Å². The standard InChI is InChI=1S/C19H19NO5/c1-12-5-3-4-6-15(12)19(22)25-13(2)18(21)20-14-7-8-16-17(11-14)24-10-9-23-16/h3-8,11,13H,9-10H2,1-2H3,(H,20,21)/t13-/m1/s1. The van der Waals surface area contributed by atoms with Gasteiger partial charge in [-0.15, -0.1) is 0 Å². The molecule has 0 saturated carbocycles. The number of aryl methyl sites for hydroxylation is 1. The van der Waals surface area contributed by atoms with Crippen molar-refractivity contribution < 1.29 is 23.8 Å². The molecule has 1 heterocycles. The van der Waals surface area contributed by atoms with Crippen LogP contribution in [0.1, 0.15) is 22.8 Å². The van der Waals surface area contributed by atoms with Gasteiger partial charge in [-0.05, 0) is 37.6 Å². The first kappa shape index (κ1) is 16.8. The average molecular weight is 341 g/mol. The summed E-state index contributed by atoms with van der Waals surface area (Å²) in [7, 11) is 0. The third-order valence-corrected chi connectivity index (χ3v) is 3.83. The number of benzene rings is 2. The van der Waals surface area contributed by atoms with Gasteiger partial charge in [-0.1, -0.05) is 18.2 Å². The number of ether oxygens (including phenoxy) is 3. The minimum Gasteiger partial charge on any atom is -0.486 e. The highest BCUT2D eigenvalue weighted by Gasteiger charge is 2.21. The lowest BCUT2D eigenvalue weighted by molar-refractivity contribution is -0.123. The van der Waals surface area contributed by atoms with Crippen molar-refractivity contribution >= 4 is 17.6 Å². The molecule has 6 nitrogen and oxygen atoms in total. The van der Waals surface area contributed by atoms with Crippen molar-refractivity contribution in [2.45, 2.75) is 20.0 Å². The van der Waals surface area contributed by atoms with Gasteiger partial charge in [-0.3, -0.25) is 4.79 Å². The molecule has 2 aromatic rings. The number of rotatable bonds is 4. The summed E-state index contributed by atoms with van der Waals surface area (Å²) in [4.78, 5) is 24.5. The second-order valence-corrected chi connectivity index (χ2v) is 5.71. The van der Waals surface area contributed by atoms with E-state index in [4.69, 9.17) is 14.2 Å². The van der Waals surface area contributed by atoms with Crippen LogP contribution in [0, 0.1) is 6.92 Å². The zero-order valence-electron chi connectivity index (χ0n) is 14.1. The van der Waals surface area contributed by atoms with Gasteiger partial charge in [0.25, 0.3) is 5.91 Å². The SMILES string of the molecule is Cc1ccccc1C(=O)O[C@H](C)C(=O)Nc1ccc2c(c1)OCCO2. The molecule has 0 aliphatic carbocycles. The fraction of sp³-hybridized carbons (Fsp3) is 0.263. The molecule has 1 N–H and O–H groups in total. The maximum absolute atomic E-state index is 12.3. The number of amides is 1. The molecule has 0 spiro atoms. The van der Waals surface area contributed by atoms with Gasteiger partial charge < -0.3 is 19.5 Å². The Morgan fingerprint density at radius 3 is 2.56 bits per heavy atom. The molecule has 1 amide bonds. The van der Waals surface area contributed by atoms with Crippen LogP contribution < -0.4 is 14.8 Å². The zero-order valence-corrected chi connectivity index (χ0v) is 14.1. The average Bonchev–Trinajstić information content (AvgIpc) is 2.61. The summed E-state index contributed by atoms with van der Waals surface area (Å²) < 4.78 is 16.2. The van der Waals surface area contributed by atoms with Crippen molar-refractivity contribution in [3.05, 3.63) is 53.6 Å². The predicted molar refractivity (Wildman–Crippen MR) is 92.1 cm³/mol. The van der Waals surface area contributed by atoms with E-state index in [2.05, 4.69) is 5.32 Å². The Labute approximate surface area is 145 Å². The van der Waals surface area contributed by atoms with Gasteiger partial charge in [0, 0.05) is 11.8 Å². The Hall–Kier alpha value is -3.02. The van der Waals surface area contributed by atoms with E-state index in [1.807, 2.05) is 19.1 Å². The summed E-state index contributed by atoms with van der Waals surface area (Å²) in [5, 5.41) is 2.71. The van der Waals surface area contributed by atoms with Crippen molar-refractivity contribution in [3.63, 3.8) is 0 Å². The molecule has 25 heavy (non-hydrogen) atoms. The van der Waals surface area contributed by atoms with E-state index in [9.17, 15) is 9.59 Å². The van der Waals surface area contributed by atoms with Crippen molar-refractivity contribution in [1.82, 2.24) is 0 Å². The molecule has 130 valence electrons. The number of hydrogen-bond acceptors (Lipinski definition) is 5. The molecular weight excluding hydrogens is 322 g/mol.